The van der Waals surface area contributed by atoms with E-state index < -0.39 is 0 Å². The Kier molecular flexibility index (Phi) is 4.31. The summed E-state index contributed by atoms with van der Waals surface area (Å²) in [4.78, 5) is 20.9. The zero-order chi connectivity index (χ0) is 17.9. The number of hydrogen-bond acceptors (Lipinski definition) is 5. The number of hydrogen-bond donors (Lipinski definition) is 0. The van der Waals surface area contributed by atoms with Gasteiger partial charge in [-0.3, -0.25) is 4.79 Å². The topological polar surface area (TPSA) is 69.4 Å². The molecule has 0 bridgehead atoms. The summed E-state index contributed by atoms with van der Waals surface area (Å²) >= 11 is 0. The highest BCUT2D eigenvalue weighted by atomic mass is 16.5. The van der Waals surface area contributed by atoms with Gasteiger partial charge in [-0.05, 0) is 18.6 Å². The number of carbonyl (C=O) groups is 1. The van der Waals surface area contributed by atoms with Gasteiger partial charge < -0.3 is 4.74 Å². The maximum absolute atomic E-state index is 11.4. The van der Waals surface area contributed by atoms with Crippen molar-refractivity contribution in [3.63, 3.8) is 0 Å². The predicted octanol–water partition coefficient (Wildman–Crippen LogP) is 3.44. The van der Waals surface area contributed by atoms with E-state index in [1.165, 1.54) is 7.11 Å². The summed E-state index contributed by atoms with van der Waals surface area (Å²) in [5, 5.41) is 5.64. The Hall–Kier alpha value is -3.28. The third-order valence-electron chi connectivity index (χ3n) is 4.29. The smallest absolute Gasteiger partial charge is 0.305 e. The van der Waals surface area contributed by atoms with Crippen molar-refractivity contribution in [2.45, 2.75) is 19.3 Å². The van der Waals surface area contributed by atoms with E-state index in [1.807, 2.05) is 54.6 Å². The molecule has 0 spiro atoms. The molecule has 2 aromatic carbocycles. The second kappa shape index (κ2) is 6.92. The Labute approximate surface area is 150 Å². The average molecular weight is 346 g/mol. The summed E-state index contributed by atoms with van der Waals surface area (Å²) in [6.45, 7) is 0. The molecule has 6 heteroatoms. The van der Waals surface area contributed by atoms with Crippen molar-refractivity contribution in [3.8, 4) is 11.4 Å². The van der Waals surface area contributed by atoms with Crippen molar-refractivity contribution in [2.75, 3.05) is 7.11 Å². The van der Waals surface area contributed by atoms with Gasteiger partial charge in [-0.2, -0.15) is 4.52 Å². The summed E-state index contributed by atoms with van der Waals surface area (Å²) in [7, 11) is 1.40. The van der Waals surface area contributed by atoms with Gasteiger partial charge in [0.1, 0.15) is 5.82 Å². The molecule has 130 valence electrons. The highest BCUT2D eigenvalue weighted by molar-refractivity contribution is 5.91. The van der Waals surface area contributed by atoms with Crippen LogP contribution >= 0.6 is 0 Å². The third-order valence-corrected chi connectivity index (χ3v) is 4.29. The second-order valence-corrected chi connectivity index (χ2v) is 6.01. The first-order chi connectivity index (χ1) is 12.8. The third kappa shape index (κ3) is 3.01. The van der Waals surface area contributed by atoms with Crippen molar-refractivity contribution in [2.24, 2.45) is 0 Å². The Balaban J connectivity index is 1.81. The molecule has 0 fully saturated rings. The largest absolute Gasteiger partial charge is 0.469 e. The number of fused-ring (bicyclic) bond motifs is 3. The number of benzene rings is 2. The molecule has 0 N–H and O–H groups in total. The van der Waals surface area contributed by atoms with Crippen LogP contribution < -0.4 is 0 Å². The number of aromatic nitrogens is 4. The number of carbonyl (C=O) groups excluding carboxylic acids is 1. The monoisotopic (exact) mass is 346 g/mol. The van der Waals surface area contributed by atoms with E-state index >= 15 is 0 Å². The van der Waals surface area contributed by atoms with Crippen LogP contribution in [0, 0.1) is 0 Å². The first kappa shape index (κ1) is 16.2. The number of esters is 1. The summed E-state index contributed by atoms with van der Waals surface area (Å²) in [5.41, 5.74) is 2.61. The van der Waals surface area contributed by atoms with Crippen LogP contribution in [0.3, 0.4) is 0 Å². The van der Waals surface area contributed by atoms with Crippen LogP contribution in [0.25, 0.3) is 27.9 Å². The molecule has 0 atom stereocenters. The van der Waals surface area contributed by atoms with Crippen molar-refractivity contribution >= 4 is 22.5 Å². The molecule has 0 amide bonds. The Morgan fingerprint density at radius 1 is 1.04 bits per heavy atom. The maximum Gasteiger partial charge on any atom is 0.305 e. The molecule has 4 rings (SSSR count). The fraction of sp³-hybridized carbons (Fsp3) is 0.200. The summed E-state index contributed by atoms with van der Waals surface area (Å²) in [6.07, 6.45) is 1.62. The van der Waals surface area contributed by atoms with Gasteiger partial charge in [0.2, 0.25) is 0 Å². The standard InChI is InChI=1S/C20H18N4O2/c1-26-18(25)13-7-12-17-21-16-11-6-5-10-15(16)20-22-19(23-24(17)20)14-8-3-2-4-9-14/h2-6,8-11H,7,12-13H2,1H3. The first-order valence-corrected chi connectivity index (χ1v) is 8.53. The number of nitrogens with zero attached hydrogens (tertiary/aromatic N) is 4. The van der Waals surface area contributed by atoms with Crippen LogP contribution in [0.1, 0.15) is 18.7 Å². The van der Waals surface area contributed by atoms with Gasteiger partial charge in [-0.15, -0.1) is 5.10 Å². The van der Waals surface area contributed by atoms with Crippen molar-refractivity contribution in [1.29, 1.82) is 0 Å². The Bertz CT molecular complexity index is 1070. The fourth-order valence-electron chi connectivity index (χ4n) is 2.98. The Morgan fingerprint density at radius 3 is 2.62 bits per heavy atom. The van der Waals surface area contributed by atoms with Gasteiger partial charge >= 0.3 is 5.97 Å². The van der Waals surface area contributed by atoms with Gasteiger partial charge in [0.25, 0.3) is 0 Å². The van der Waals surface area contributed by atoms with Crippen LogP contribution in [0.4, 0.5) is 0 Å². The molecule has 6 nitrogen and oxygen atoms in total. The summed E-state index contributed by atoms with van der Waals surface area (Å²) in [5.74, 6) is 1.24. The number of ether oxygens (including phenoxy) is 1. The van der Waals surface area contributed by atoms with E-state index in [1.54, 1.807) is 4.52 Å². The lowest BCUT2D eigenvalue weighted by molar-refractivity contribution is -0.140. The highest BCUT2D eigenvalue weighted by Crippen LogP contribution is 2.23. The minimum atomic E-state index is -0.217. The SMILES string of the molecule is COC(=O)CCCc1nc2ccccc2c2nc(-c3ccccc3)nn12. The molecule has 4 aromatic rings. The van der Waals surface area contributed by atoms with E-state index in [4.69, 9.17) is 14.7 Å². The van der Waals surface area contributed by atoms with E-state index in [9.17, 15) is 4.79 Å². The van der Waals surface area contributed by atoms with Gasteiger partial charge in [0.15, 0.2) is 11.5 Å². The van der Waals surface area contributed by atoms with Crippen LogP contribution in [-0.4, -0.2) is 32.7 Å². The lowest BCUT2D eigenvalue weighted by atomic mass is 10.2. The van der Waals surface area contributed by atoms with Crippen LogP contribution in [0.2, 0.25) is 0 Å². The van der Waals surface area contributed by atoms with Crippen LogP contribution in [0.15, 0.2) is 54.6 Å². The molecular formula is C20H18N4O2. The van der Waals surface area contributed by atoms with Gasteiger partial charge in [-0.1, -0.05) is 42.5 Å². The molecule has 0 saturated carbocycles. The Morgan fingerprint density at radius 2 is 1.81 bits per heavy atom. The van der Waals surface area contributed by atoms with E-state index in [2.05, 4.69) is 5.10 Å². The van der Waals surface area contributed by atoms with Crippen molar-refractivity contribution < 1.29 is 9.53 Å². The maximum atomic E-state index is 11.4. The van der Waals surface area contributed by atoms with Crippen LogP contribution in [-0.2, 0) is 16.0 Å². The molecule has 2 heterocycles. The minimum absolute atomic E-state index is 0.217. The summed E-state index contributed by atoms with van der Waals surface area (Å²) < 4.78 is 6.51. The zero-order valence-corrected chi connectivity index (χ0v) is 14.4. The molecule has 0 aliphatic carbocycles. The normalized spacial score (nSPS) is 11.1. The molecule has 0 aliphatic rings. The lowest BCUT2D eigenvalue weighted by Gasteiger charge is -2.06. The van der Waals surface area contributed by atoms with Gasteiger partial charge in [0, 0.05) is 23.8 Å². The average Bonchev–Trinajstić information content (AvgIpc) is 3.14. The molecule has 0 unspecified atom stereocenters. The quantitative estimate of drug-likeness (QED) is 0.518. The van der Waals surface area contributed by atoms with Gasteiger partial charge in [0.05, 0.1) is 12.6 Å². The molecule has 0 radical (unpaired) electrons. The number of para-hydroxylation sites is 1. The van der Waals surface area contributed by atoms with E-state index in [0.29, 0.717) is 25.1 Å². The van der Waals surface area contributed by atoms with E-state index in [-0.39, 0.29) is 5.97 Å². The molecule has 2 aromatic heterocycles. The lowest BCUT2D eigenvalue weighted by Crippen LogP contribution is -2.06. The second-order valence-electron chi connectivity index (χ2n) is 6.01. The number of aryl methyl sites for hydroxylation is 1. The minimum Gasteiger partial charge on any atom is -0.469 e. The molecule has 0 aliphatic heterocycles. The zero-order valence-electron chi connectivity index (χ0n) is 14.4. The fourth-order valence-corrected chi connectivity index (χ4v) is 2.98. The molecular weight excluding hydrogens is 328 g/mol. The molecule has 26 heavy (non-hydrogen) atoms. The molecule has 0 saturated heterocycles. The first-order valence-electron chi connectivity index (χ1n) is 8.53. The van der Waals surface area contributed by atoms with Gasteiger partial charge in [-0.25, -0.2) is 9.97 Å². The number of methoxy groups -OCH3 is 1. The van der Waals surface area contributed by atoms with Crippen molar-refractivity contribution in [3.05, 3.63) is 60.4 Å². The van der Waals surface area contributed by atoms with E-state index in [0.717, 1.165) is 27.9 Å². The van der Waals surface area contributed by atoms with Crippen molar-refractivity contribution in [1.82, 2.24) is 19.6 Å². The highest BCUT2D eigenvalue weighted by Gasteiger charge is 2.14. The summed E-state index contributed by atoms with van der Waals surface area (Å²) in [6, 6.07) is 17.8. The van der Waals surface area contributed by atoms with Crippen LogP contribution in [0.5, 0.6) is 0 Å². The predicted molar refractivity (Wildman–Crippen MR) is 98.7 cm³/mol. The number of rotatable bonds is 5.